The van der Waals surface area contributed by atoms with E-state index in [0.29, 0.717) is 29.1 Å². The fourth-order valence-corrected chi connectivity index (χ4v) is 2.89. The van der Waals surface area contributed by atoms with Crippen molar-refractivity contribution < 1.29 is 4.92 Å². The monoisotopic (exact) mass is 286 g/mol. The van der Waals surface area contributed by atoms with Gasteiger partial charge < -0.3 is 10.6 Å². The van der Waals surface area contributed by atoms with Crippen LogP contribution in [0.3, 0.4) is 0 Å². The Labute approximate surface area is 122 Å². The quantitative estimate of drug-likeness (QED) is 0.676. The molecule has 1 aromatic heterocycles. The van der Waals surface area contributed by atoms with Gasteiger partial charge in [0.25, 0.3) is 0 Å². The molecule has 3 rings (SSSR count). The number of nitro groups is 1. The van der Waals surface area contributed by atoms with Crippen LogP contribution >= 0.6 is 0 Å². The molecule has 2 atom stereocenters. The Bertz CT molecular complexity index is 688. The highest BCUT2D eigenvalue weighted by Crippen LogP contribution is 2.36. The summed E-state index contributed by atoms with van der Waals surface area (Å²) in [5, 5.41) is 12.1. The normalized spacial score (nSPS) is 22.5. The summed E-state index contributed by atoms with van der Waals surface area (Å²) in [7, 11) is 0. The van der Waals surface area contributed by atoms with E-state index >= 15 is 0 Å². The van der Waals surface area contributed by atoms with Crippen molar-refractivity contribution in [2.45, 2.75) is 19.4 Å². The van der Waals surface area contributed by atoms with E-state index in [0.717, 1.165) is 13.0 Å². The second-order valence-corrected chi connectivity index (χ2v) is 5.64. The molecule has 1 saturated heterocycles. The Morgan fingerprint density at radius 1 is 1.43 bits per heavy atom. The predicted octanol–water partition coefficient (Wildman–Crippen LogP) is 2.32. The highest BCUT2D eigenvalue weighted by Gasteiger charge is 2.29. The van der Waals surface area contributed by atoms with Crippen molar-refractivity contribution in [1.29, 1.82) is 0 Å². The summed E-state index contributed by atoms with van der Waals surface area (Å²) in [6.45, 7) is 3.57. The van der Waals surface area contributed by atoms with Crippen LogP contribution in [0.25, 0.3) is 10.9 Å². The third kappa shape index (κ3) is 2.42. The Morgan fingerprint density at radius 2 is 2.24 bits per heavy atom. The summed E-state index contributed by atoms with van der Waals surface area (Å²) in [6.07, 6.45) is 2.59. The lowest BCUT2D eigenvalue weighted by molar-refractivity contribution is -0.382. The van der Waals surface area contributed by atoms with E-state index in [4.69, 9.17) is 5.73 Å². The Morgan fingerprint density at radius 3 is 2.95 bits per heavy atom. The average molecular weight is 286 g/mol. The molecule has 110 valence electrons. The zero-order valence-electron chi connectivity index (χ0n) is 11.9. The Balaban J connectivity index is 2.10. The van der Waals surface area contributed by atoms with Gasteiger partial charge in [0.2, 0.25) is 0 Å². The minimum atomic E-state index is -0.317. The maximum atomic E-state index is 11.5. The number of nitrogens with two attached hydrogens (primary N) is 1. The average Bonchev–Trinajstić information content (AvgIpc) is 2.48. The van der Waals surface area contributed by atoms with E-state index in [1.54, 1.807) is 24.4 Å². The number of nitrogens with zero attached hydrogens (tertiary/aromatic N) is 3. The number of nitro benzene ring substituents is 1. The first-order chi connectivity index (χ1) is 10.1. The van der Waals surface area contributed by atoms with Crippen molar-refractivity contribution >= 4 is 22.3 Å². The molecule has 21 heavy (non-hydrogen) atoms. The zero-order valence-corrected chi connectivity index (χ0v) is 11.9. The second-order valence-electron chi connectivity index (χ2n) is 5.64. The number of fused-ring (bicyclic) bond motifs is 1. The van der Waals surface area contributed by atoms with Gasteiger partial charge in [0.05, 0.1) is 15.8 Å². The van der Waals surface area contributed by atoms with Crippen LogP contribution in [-0.2, 0) is 0 Å². The van der Waals surface area contributed by atoms with Gasteiger partial charge in [-0.05, 0) is 36.6 Å². The fraction of sp³-hybridized carbons (Fsp3) is 0.400. The third-order valence-corrected chi connectivity index (χ3v) is 4.28. The molecule has 0 spiro atoms. The van der Waals surface area contributed by atoms with E-state index in [9.17, 15) is 10.1 Å². The summed E-state index contributed by atoms with van der Waals surface area (Å²) in [6, 6.07) is 7.14. The number of pyridine rings is 1. The molecule has 1 aliphatic heterocycles. The molecular formula is C15H18N4O2. The van der Waals surface area contributed by atoms with Crippen molar-refractivity contribution in [3.05, 3.63) is 40.6 Å². The van der Waals surface area contributed by atoms with E-state index in [2.05, 4.69) is 11.9 Å². The van der Waals surface area contributed by atoms with Gasteiger partial charge in [-0.2, -0.15) is 0 Å². The summed E-state index contributed by atoms with van der Waals surface area (Å²) in [5.41, 5.74) is 7.53. The largest absolute Gasteiger partial charge is 0.364 e. The maximum Gasteiger partial charge on any atom is 0.301 e. The zero-order chi connectivity index (χ0) is 15.0. The molecule has 2 aromatic rings. The molecule has 0 aliphatic carbocycles. The molecule has 0 radical (unpaired) electrons. The second kappa shape index (κ2) is 5.29. The lowest BCUT2D eigenvalue weighted by Crippen LogP contribution is -2.47. The molecule has 0 bridgehead atoms. The molecule has 1 fully saturated rings. The number of benzene rings is 1. The molecule has 2 unspecified atom stereocenters. The smallest absolute Gasteiger partial charge is 0.301 e. The van der Waals surface area contributed by atoms with Crippen molar-refractivity contribution in [2.24, 2.45) is 11.7 Å². The number of piperidine rings is 1. The summed E-state index contributed by atoms with van der Waals surface area (Å²) in [4.78, 5) is 17.4. The van der Waals surface area contributed by atoms with Crippen LogP contribution < -0.4 is 10.6 Å². The summed E-state index contributed by atoms with van der Waals surface area (Å²) in [5.74, 6) is 0.447. The van der Waals surface area contributed by atoms with Crippen LogP contribution in [0.5, 0.6) is 0 Å². The molecule has 1 aromatic carbocycles. The van der Waals surface area contributed by atoms with Crippen LogP contribution in [0, 0.1) is 16.0 Å². The summed E-state index contributed by atoms with van der Waals surface area (Å²) >= 11 is 0. The first-order valence-corrected chi connectivity index (χ1v) is 7.10. The molecule has 0 amide bonds. The molecule has 0 saturated carbocycles. The van der Waals surface area contributed by atoms with Crippen LogP contribution in [0.2, 0.25) is 0 Å². The molecule has 2 N–H and O–H groups in total. The first-order valence-electron chi connectivity index (χ1n) is 7.10. The number of hydrogen-bond donors (Lipinski definition) is 1. The molecule has 6 heteroatoms. The van der Waals surface area contributed by atoms with Gasteiger partial charge in [-0.1, -0.05) is 6.92 Å². The van der Waals surface area contributed by atoms with Crippen molar-refractivity contribution in [3.8, 4) is 0 Å². The van der Waals surface area contributed by atoms with Gasteiger partial charge in [0, 0.05) is 25.3 Å². The van der Waals surface area contributed by atoms with Gasteiger partial charge in [-0.3, -0.25) is 15.1 Å². The Hall–Kier alpha value is -2.21. The number of anilines is 1. The lowest BCUT2D eigenvalue weighted by atomic mass is 9.93. The molecule has 2 heterocycles. The van der Waals surface area contributed by atoms with Crippen LogP contribution in [0.1, 0.15) is 13.3 Å². The van der Waals surface area contributed by atoms with E-state index < -0.39 is 0 Å². The maximum absolute atomic E-state index is 11.5. The van der Waals surface area contributed by atoms with Crippen molar-refractivity contribution in [3.63, 3.8) is 0 Å². The highest BCUT2D eigenvalue weighted by molar-refractivity contribution is 5.94. The fourth-order valence-electron chi connectivity index (χ4n) is 2.89. The highest BCUT2D eigenvalue weighted by atomic mass is 16.6. The number of hydrogen-bond acceptors (Lipinski definition) is 5. The number of aromatic nitrogens is 1. The van der Waals surface area contributed by atoms with Crippen LogP contribution in [0.4, 0.5) is 11.4 Å². The van der Waals surface area contributed by atoms with Gasteiger partial charge in [-0.15, -0.1) is 0 Å². The summed E-state index contributed by atoms with van der Waals surface area (Å²) < 4.78 is 0. The third-order valence-electron chi connectivity index (χ3n) is 4.28. The van der Waals surface area contributed by atoms with E-state index in [1.807, 2.05) is 11.0 Å². The first kappa shape index (κ1) is 13.8. The predicted molar refractivity (Wildman–Crippen MR) is 82.4 cm³/mol. The molecule has 6 nitrogen and oxygen atoms in total. The Kier molecular flexibility index (Phi) is 3.47. The van der Waals surface area contributed by atoms with Gasteiger partial charge in [-0.25, -0.2) is 0 Å². The topological polar surface area (TPSA) is 85.3 Å². The van der Waals surface area contributed by atoms with E-state index in [-0.39, 0.29) is 16.7 Å². The van der Waals surface area contributed by atoms with Crippen LogP contribution in [-0.4, -0.2) is 29.0 Å². The van der Waals surface area contributed by atoms with Gasteiger partial charge in [0.15, 0.2) is 0 Å². The number of rotatable bonds is 2. The molecule has 1 aliphatic rings. The minimum Gasteiger partial charge on any atom is -0.364 e. The van der Waals surface area contributed by atoms with Crippen LogP contribution in [0.15, 0.2) is 30.5 Å². The lowest BCUT2D eigenvalue weighted by Gasteiger charge is -2.36. The van der Waals surface area contributed by atoms with Crippen molar-refractivity contribution in [2.75, 3.05) is 18.0 Å². The standard InChI is InChI=1S/C15H18N4O2/c1-10-6-8-18(9-12(10)16)14-5-4-13-11(3-2-7-17-13)15(14)19(20)21/h2-5,7,10,12H,6,8-9,16H2,1H3. The SMILES string of the molecule is CC1CCN(c2ccc3ncccc3c2[N+](=O)[O-])CC1N. The van der Waals surface area contributed by atoms with Crippen molar-refractivity contribution in [1.82, 2.24) is 4.98 Å². The van der Waals surface area contributed by atoms with E-state index in [1.165, 1.54) is 0 Å². The van der Waals surface area contributed by atoms with Gasteiger partial charge >= 0.3 is 5.69 Å². The minimum absolute atomic E-state index is 0.0444. The van der Waals surface area contributed by atoms with Gasteiger partial charge in [0.1, 0.15) is 5.69 Å². The molecular weight excluding hydrogens is 268 g/mol.